The number of benzene rings is 2. The van der Waals surface area contributed by atoms with Crippen molar-refractivity contribution in [2.45, 2.75) is 0 Å². The van der Waals surface area contributed by atoms with Gasteiger partial charge in [0.1, 0.15) is 11.5 Å². The quantitative estimate of drug-likeness (QED) is 0.436. The van der Waals surface area contributed by atoms with E-state index in [4.69, 9.17) is 23.7 Å². The van der Waals surface area contributed by atoms with Crippen LogP contribution in [0.5, 0.6) is 23.0 Å². The summed E-state index contributed by atoms with van der Waals surface area (Å²) in [6.45, 7) is 0. The van der Waals surface area contributed by atoms with Crippen LogP contribution in [-0.2, 0) is 9.53 Å². The Labute approximate surface area is 146 Å². The van der Waals surface area contributed by atoms with Gasteiger partial charge in [0.15, 0.2) is 11.5 Å². The average Bonchev–Trinajstić information content (AvgIpc) is 2.67. The van der Waals surface area contributed by atoms with E-state index >= 15 is 0 Å². The molecule has 0 fully saturated rings. The second-order valence-corrected chi connectivity index (χ2v) is 4.86. The molecule has 0 aliphatic rings. The van der Waals surface area contributed by atoms with Crippen LogP contribution in [0.25, 0.3) is 6.08 Å². The first-order valence-corrected chi connectivity index (χ1v) is 7.45. The van der Waals surface area contributed by atoms with Crippen LogP contribution in [0.4, 0.5) is 0 Å². The van der Waals surface area contributed by atoms with Gasteiger partial charge < -0.3 is 23.7 Å². The maximum absolute atomic E-state index is 12.1. The van der Waals surface area contributed by atoms with Crippen molar-refractivity contribution in [3.05, 3.63) is 53.8 Å². The summed E-state index contributed by atoms with van der Waals surface area (Å²) < 4.78 is 26.4. The number of methoxy groups -OCH3 is 4. The molecule has 0 aliphatic carbocycles. The highest BCUT2D eigenvalue weighted by molar-refractivity contribution is 5.92. The Kier molecular flexibility index (Phi) is 6.28. The second-order valence-electron chi connectivity index (χ2n) is 4.86. The molecule has 0 bridgehead atoms. The van der Waals surface area contributed by atoms with Gasteiger partial charge in [-0.2, -0.15) is 0 Å². The van der Waals surface area contributed by atoms with E-state index in [1.54, 1.807) is 36.4 Å². The van der Waals surface area contributed by atoms with Crippen LogP contribution in [0.3, 0.4) is 0 Å². The van der Waals surface area contributed by atoms with Gasteiger partial charge >= 0.3 is 5.97 Å². The summed E-state index contributed by atoms with van der Waals surface area (Å²) in [7, 11) is 5.87. The highest BCUT2D eigenvalue weighted by Crippen LogP contribution is 2.35. The fourth-order valence-electron chi connectivity index (χ4n) is 2.15. The van der Waals surface area contributed by atoms with Crippen LogP contribution in [0, 0.1) is 0 Å². The minimum absolute atomic E-state index is 0.0132. The number of carbonyl (C=O) groups is 1. The van der Waals surface area contributed by atoms with E-state index in [0.29, 0.717) is 28.6 Å². The molecule has 0 aromatic heterocycles. The third-order valence-corrected chi connectivity index (χ3v) is 3.38. The van der Waals surface area contributed by atoms with Gasteiger partial charge in [-0.25, -0.2) is 4.79 Å². The molecule has 6 heteroatoms. The van der Waals surface area contributed by atoms with Crippen molar-refractivity contribution < 1.29 is 28.5 Å². The van der Waals surface area contributed by atoms with E-state index < -0.39 is 5.97 Å². The first-order valence-electron chi connectivity index (χ1n) is 7.45. The minimum atomic E-state index is -0.610. The highest BCUT2D eigenvalue weighted by Gasteiger charge is 2.16. The normalized spacial score (nSPS) is 10.8. The van der Waals surface area contributed by atoms with Gasteiger partial charge in [-0.05, 0) is 24.3 Å². The molecule has 0 radical (unpaired) electrons. The van der Waals surface area contributed by atoms with Gasteiger partial charge in [-0.1, -0.05) is 18.2 Å². The Balaban J connectivity index is 2.49. The molecule has 6 nitrogen and oxygen atoms in total. The summed E-state index contributed by atoms with van der Waals surface area (Å²) in [4.78, 5) is 12.1. The predicted octanol–water partition coefficient (Wildman–Crippen LogP) is 3.31. The van der Waals surface area contributed by atoms with Crippen molar-refractivity contribution in [3.8, 4) is 23.0 Å². The molecule has 2 aromatic rings. The smallest absolute Gasteiger partial charge is 0.373 e. The van der Waals surface area contributed by atoms with E-state index in [1.165, 1.54) is 34.5 Å². The molecular formula is C19H20O6. The number of hydrogen-bond donors (Lipinski definition) is 0. The molecule has 0 aliphatic heterocycles. The first-order chi connectivity index (χ1) is 12.1. The molecule has 0 N–H and O–H groups in total. The lowest BCUT2D eigenvalue weighted by molar-refractivity contribution is -0.138. The number of carbonyl (C=O) groups excluding carboxylic acids is 1. The van der Waals surface area contributed by atoms with E-state index in [-0.39, 0.29) is 5.76 Å². The monoisotopic (exact) mass is 344 g/mol. The van der Waals surface area contributed by atoms with E-state index in [0.717, 1.165) is 0 Å². The summed E-state index contributed by atoms with van der Waals surface area (Å²) >= 11 is 0. The number of esters is 1. The molecule has 25 heavy (non-hydrogen) atoms. The van der Waals surface area contributed by atoms with E-state index in [2.05, 4.69) is 0 Å². The maximum atomic E-state index is 12.1. The molecule has 2 aromatic carbocycles. The summed E-state index contributed by atoms with van der Waals surface area (Å²) in [5, 5.41) is 0. The molecule has 0 spiro atoms. The van der Waals surface area contributed by atoms with Crippen molar-refractivity contribution in [3.63, 3.8) is 0 Å². The summed E-state index contributed by atoms with van der Waals surface area (Å²) in [5.41, 5.74) is 0.580. The topological polar surface area (TPSA) is 63.2 Å². The Morgan fingerprint density at radius 1 is 0.840 bits per heavy atom. The summed E-state index contributed by atoms with van der Waals surface area (Å²) in [5.74, 6) is 1.42. The van der Waals surface area contributed by atoms with Gasteiger partial charge in [0.25, 0.3) is 0 Å². The third-order valence-electron chi connectivity index (χ3n) is 3.38. The number of rotatable bonds is 7. The zero-order valence-electron chi connectivity index (χ0n) is 14.6. The Hall–Kier alpha value is -3.15. The fourth-order valence-corrected chi connectivity index (χ4v) is 2.15. The molecule has 132 valence electrons. The Morgan fingerprint density at radius 2 is 1.44 bits per heavy atom. The molecule has 0 heterocycles. The lowest BCUT2D eigenvalue weighted by Gasteiger charge is -2.13. The molecule has 0 saturated heterocycles. The van der Waals surface area contributed by atoms with Crippen molar-refractivity contribution in [2.75, 3.05) is 28.4 Å². The van der Waals surface area contributed by atoms with Crippen molar-refractivity contribution in [2.24, 2.45) is 0 Å². The standard InChI is InChI=1S/C19H20O6/c1-21-15-12-17(23-3)16(22-2)10-13(15)11-18(19(20)24-4)25-14-8-6-5-7-9-14/h5-12H,1-4H3/b18-11+. The van der Waals surface area contributed by atoms with Gasteiger partial charge in [-0.3, -0.25) is 0 Å². The van der Waals surface area contributed by atoms with Crippen LogP contribution in [-0.4, -0.2) is 34.4 Å². The Bertz CT molecular complexity index is 752. The molecule has 2 rings (SSSR count). The summed E-state index contributed by atoms with van der Waals surface area (Å²) in [6, 6.07) is 12.3. The van der Waals surface area contributed by atoms with Gasteiger partial charge in [-0.15, -0.1) is 0 Å². The fraction of sp³-hybridized carbons (Fsp3) is 0.211. The van der Waals surface area contributed by atoms with Gasteiger partial charge in [0, 0.05) is 11.6 Å². The van der Waals surface area contributed by atoms with Gasteiger partial charge in [0.05, 0.1) is 28.4 Å². The zero-order valence-corrected chi connectivity index (χ0v) is 14.6. The van der Waals surface area contributed by atoms with Crippen LogP contribution in [0.1, 0.15) is 5.56 Å². The van der Waals surface area contributed by atoms with Crippen molar-refractivity contribution in [1.82, 2.24) is 0 Å². The van der Waals surface area contributed by atoms with E-state index in [9.17, 15) is 4.79 Å². The van der Waals surface area contributed by atoms with Crippen molar-refractivity contribution in [1.29, 1.82) is 0 Å². The number of para-hydroxylation sites is 1. The highest BCUT2D eigenvalue weighted by atomic mass is 16.6. The van der Waals surface area contributed by atoms with Crippen LogP contribution in [0.2, 0.25) is 0 Å². The Morgan fingerprint density at radius 3 is 2.00 bits per heavy atom. The van der Waals surface area contributed by atoms with Crippen LogP contribution >= 0.6 is 0 Å². The average molecular weight is 344 g/mol. The molecule has 0 amide bonds. The number of ether oxygens (including phenoxy) is 5. The number of hydrogen-bond acceptors (Lipinski definition) is 6. The minimum Gasteiger partial charge on any atom is -0.496 e. The first kappa shape index (κ1) is 18.2. The van der Waals surface area contributed by atoms with Crippen molar-refractivity contribution >= 4 is 12.0 Å². The zero-order chi connectivity index (χ0) is 18.2. The lowest BCUT2D eigenvalue weighted by Crippen LogP contribution is -2.10. The SMILES string of the molecule is COC(=O)/C(=C\c1cc(OC)c(OC)cc1OC)Oc1ccccc1. The van der Waals surface area contributed by atoms with Crippen LogP contribution < -0.4 is 18.9 Å². The van der Waals surface area contributed by atoms with Crippen LogP contribution in [0.15, 0.2) is 48.2 Å². The maximum Gasteiger partial charge on any atom is 0.373 e. The second kappa shape index (κ2) is 8.63. The molecular weight excluding hydrogens is 324 g/mol. The predicted molar refractivity (Wildman–Crippen MR) is 93.2 cm³/mol. The lowest BCUT2D eigenvalue weighted by atomic mass is 10.1. The summed E-state index contributed by atoms with van der Waals surface area (Å²) in [6.07, 6.45) is 1.53. The van der Waals surface area contributed by atoms with E-state index in [1.807, 2.05) is 6.07 Å². The molecule has 0 atom stereocenters. The molecule has 0 unspecified atom stereocenters. The third kappa shape index (κ3) is 4.44. The molecule has 0 saturated carbocycles. The largest absolute Gasteiger partial charge is 0.496 e. The van der Waals surface area contributed by atoms with Gasteiger partial charge in [0.2, 0.25) is 5.76 Å².